The van der Waals surface area contributed by atoms with Crippen molar-refractivity contribution in [3.8, 4) is 0 Å². The van der Waals surface area contributed by atoms with Crippen LogP contribution in [0.3, 0.4) is 0 Å². The van der Waals surface area contributed by atoms with Crippen molar-refractivity contribution in [2.24, 2.45) is 5.73 Å². The molecule has 0 aromatic heterocycles. The fourth-order valence-corrected chi connectivity index (χ4v) is 2.54. The molecule has 0 aliphatic heterocycles. The van der Waals surface area contributed by atoms with Crippen LogP contribution in [-0.2, 0) is 14.9 Å². The van der Waals surface area contributed by atoms with Crippen molar-refractivity contribution in [3.63, 3.8) is 0 Å². The number of hydrogen-bond acceptors (Lipinski definition) is 5. The first-order valence-corrected chi connectivity index (χ1v) is 6.60. The lowest BCUT2D eigenvalue weighted by molar-refractivity contribution is -0.138. The van der Waals surface area contributed by atoms with Crippen LogP contribution in [-0.4, -0.2) is 47.3 Å². The maximum atomic E-state index is 10.3. The van der Waals surface area contributed by atoms with Crippen LogP contribution in [0.5, 0.6) is 0 Å². The number of rotatable bonds is 7. The quantitative estimate of drug-likeness (QED) is 0.404. The van der Waals surface area contributed by atoms with E-state index in [1.165, 1.54) is 11.8 Å². The third-order valence-electron chi connectivity index (χ3n) is 1.38. The Balaban J connectivity index is 3.44. The van der Waals surface area contributed by atoms with Crippen molar-refractivity contribution in [1.82, 2.24) is 0 Å². The van der Waals surface area contributed by atoms with Gasteiger partial charge in [-0.3, -0.25) is 9.35 Å². The first-order valence-electron chi connectivity index (χ1n) is 3.84. The van der Waals surface area contributed by atoms with Crippen LogP contribution >= 0.6 is 11.8 Å². The van der Waals surface area contributed by atoms with Crippen molar-refractivity contribution in [2.45, 2.75) is 12.5 Å². The molecule has 0 aromatic carbocycles. The number of carboxylic acid groups (broad SMARTS) is 1. The summed E-state index contributed by atoms with van der Waals surface area (Å²) in [6, 6.07) is -0.909. The van der Waals surface area contributed by atoms with Gasteiger partial charge in [-0.1, -0.05) is 0 Å². The Morgan fingerprint density at radius 3 is 2.43 bits per heavy atom. The van der Waals surface area contributed by atoms with Crippen molar-refractivity contribution in [2.75, 3.05) is 17.3 Å². The van der Waals surface area contributed by atoms with Gasteiger partial charge in [-0.15, -0.1) is 0 Å². The monoisotopic (exact) mass is 243 g/mol. The number of carboxylic acids is 1. The van der Waals surface area contributed by atoms with Gasteiger partial charge in [-0.25, -0.2) is 0 Å². The Labute approximate surface area is 86.6 Å². The molecule has 1 unspecified atom stereocenters. The fourth-order valence-electron chi connectivity index (χ4n) is 0.600. The second-order valence-electron chi connectivity index (χ2n) is 2.63. The SMILES string of the molecule is NC(CCSCCS(=O)(=O)O)C(=O)O. The molecule has 8 heteroatoms. The summed E-state index contributed by atoms with van der Waals surface area (Å²) in [6.07, 6.45) is 0.283. The maximum Gasteiger partial charge on any atom is 0.320 e. The number of carbonyl (C=O) groups is 1. The third-order valence-corrected chi connectivity index (χ3v) is 3.37. The van der Waals surface area contributed by atoms with Crippen LogP contribution < -0.4 is 5.73 Å². The van der Waals surface area contributed by atoms with Crippen LogP contribution in [0.25, 0.3) is 0 Å². The molecule has 0 radical (unpaired) electrons. The molecule has 0 rings (SSSR count). The van der Waals surface area contributed by atoms with Crippen molar-refractivity contribution in [1.29, 1.82) is 0 Å². The molecule has 0 aliphatic carbocycles. The largest absolute Gasteiger partial charge is 0.480 e. The molecule has 0 saturated carbocycles. The van der Waals surface area contributed by atoms with E-state index in [0.29, 0.717) is 5.75 Å². The Morgan fingerprint density at radius 2 is 2.00 bits per heavy atom. The Hall–Kier alpha value is -0.310. The van der Waals surface area contributed by atoms with Gasteiger partial charge in [0.05, 0.1) is 5.75 Å². The zero-order chi connectivity index (χ0) is 11.2. The highest BCUT2D eigenvalue weighted by atomic mass is 32.2. The van der Waals surface area contributed by atoms with Crippen molar-refractivity contribution in [3.05, 3.63) is 0 Å². The summed E-state index contributed by atoms with van der Waals surface area (Å²) in [4.78, 5) is 10.3. The third kappa shape index (κ3) is 8.30. The van der Waals surface area contributed by atoms with E-state index >= 15 is 0 Å². The van der Waals surface area contributed by atoms with Crippen LogP contribution in [0, 0.1) is 0 Å². The molecule has 4 N–H and O–H groups in total. The van der Waals surface area contributed by atoms with Gasteiger partial charge < -0.3 is 10.8 Å². The molecular weight excluding hydrogens is 230 g/mol. The van der Waals surface area contributed by atoms with Gasteiger partial charge in [-0.2, -0.15) is 20.2 Å². The van der Waals surface area contributed by atoms with Crippen LogP contribution in [0.1, 0.15) is 6.42 Å². The van der Waals surface area contributed by atoms with E-state index in [0.717, 1.165) is 0 Å². The van der Waals surface area contributed by atoms with Crippen LogP contribution in [0.2, 0.25) is 0 Å². The van der Waals surface area contributed by atoms with Gasteiger partial charge in [0.1, 0.15) is 6.04 Å². The zero-order valence-corrected chi connectivity index (χ0v) is 9.05. The van der Waals surface area contributed by atoms with Gasteiger partial charge in [0.15, 0.2) is 0 Å². The minimum Gasteiger partial charge on any atom is -0.480 e. The van der Waals surface area contributed by atoms with E-state index in [1.54, 1.807) is 0 Å². The summed E-state index contributed by atoms with van der Waals surface area (Å²) in [7, 11) is -3.91. The first kappa shape index (κ1) is 13.7. The molecule has 14 heavy (non-hydrogen) atoms. The molecule has 0 aromatic rings. The molecule has 0 bridgehead atoms. The molecule has 1 atom stereocenters. The number of hydrogen-bond donors (Lipinski definition) is 3. The summed E-state index contributed by atoms with van der Waals surface area (Å²) >= 11 is 1.24. The van der Waals surface area contributed by atoms with Gasteiger partial charge >= 0.3 is 5.97 Å². The second-order valence-corrected chi connectivity index (χ2v) is 5.43. The van der Waals surface area contributed by atoms with E-state index in [9.17, 15) is 13.2 Å². The molecule has 0 amide bonds. The lowest BCUT2D eigenvalue weighted by Crippen LogP contribution is -2.30. The summed E-state index contributed by atoms with van der Waals surface area (Å²) in [5.41, 5.74) is 5.20. The summed E-state index contributed by atoms with van der Waals surface area (Å²) < 4.78 is 28.9. The number of nitrogens with two attached hydrogens (primary N) is 1. The lowest BCUT2D eigenvalue weighted by Gasteiger charge is -2.04. The topological polar surface area (TPSA) is 118 Å². The molecule has 0 aliphatic rings. The molecule has 6 nitrogen and oxygen atoms in total. The highest BCUT2D eigenvalue weighted by molar-refractivity contribution is 8.00. The molecule has 0 fully saturated rings. The molecule has 84 valence electrons. The van der Waals surface area contributed by atoms with Crippen molar-refractivity contribution >= 4 is 27.8 Å². The lowest BCUT2D eigenvalue weighted by atomic mass is 10.2. The van der Waals surface area contributed by atoms with E-state index in [2.05, 4.69) is 0 Å². The normalized spacial score (nSPS) is 13.9. The van der Waals surface area contributed by atoms with Gasteiger partial charge in [0.25, 0.3) is 10.1 Å². The highest BCUT2D eigenvalue weighted by Crippen LogP contribution is 2.04. The van der Waals surface area contributed by atoms with Gasteiger partial charge in [0, 0.05) is 5.75 Å². The minimum absolute atomic E-state index is 0.241. The molecule has 0 heterocycles. The average Bonchev–Trinajstić information content (AvgIpc) is 2.01. The first-order chi connectivity index (χ1) is 6.33. The van der Waals surface area contributed by atoms with E-state index in [1.807, 2.05) is 0 Å². The molecule has 0 spiro atoms. The highest BCUT2D eigenvalue weighted by Gasteiger charge is 2.10. The fraction of sp³-hybridized carbons (Fsp3) is 0.833. The predicted molar refractivity (Wildman–Crippen MR) is 54.0 cm³/mol. The Morgan fingerprint density at radius 1 is 1.43 bits per heavy atom. The van der Waals surface area contributed by atoms with Gasteiger partial charge in [0.2, 0.25) is 0 Å². The number of thioether (sulfide) groups is 1. The molecule has 0 saturated heterocycles. The smallest absolute Gasteiger partial charge is 0.320 e. The van der Waals surface area contributed by atoms with Gasteiger partial charge in [-0.05, 0) is 12.2 Å². The number of aliphatic carboxylic acids is 1. The van der Waals surface area contributed by atoms with E-state index in [-0.39, 0.29) is 17.9 Å². The van der Waals surface area contributed by atoms with Crippen LogP contribution in [0.4, 0.5) is 0 Å². The van der Waals surface area contributed by atoms with Crippen molar-refractivity contribution < 1.29 is 22.9 Å². The summed E-state index contributed by atoms with van der Waals surface area (Å²) in [5, 5.41) is 8.40. The Kier molecular flexibility index (Phi) is 6.09. The predicted octanol–water partition coefficient (Wildman–Crippen LogP) is -0.591. The Bertz CT molecular complexity index is 276. The van der Waals surface area contributed by atoms with Crippen LogP contribution in [0.15, 0.2) is 0 Å². The van der Waals surface area contributed by atoms with E-state index in [4.69, 9.17) is 15.4 Å². The summed E-state index contributed by atoms with van der Waals surface area (Å²) in [6.45, 7) is 0. The summed E-state index contributed by atoms with van der Waals surface area (Å²) in [5.74, 6) is -0.686. The second kappa shape index (κ2) is 6.23. The van der Waals surface area contributed by atoms with E-state index < -0.39 is 22.1 Å². The zero-order valence-electron chi connectivity index (χ0n) is 7.42. The average molecular weight is 243 g/mol. The molecular formula is C6H13NO5S2. The minimum atomic E-state index is -3.91. The standard InChI is InChI=1S/C6H13NO5S2/c7-5(6(8)9)1-2-13-3-4-14(10,11)12/h5H,1-4,7H2,(H,8,9)(H,10,11,12). The maximum absolute atomic E-state index is 10.3.